The van der Waals surface area contributed by atoms with Crippen LogP contribution in [0.4, 0.5) is 0 Å². The molecular weight excluding hydrogens is 452 g/mol. The van der Waals surface area contributed by atoms with Gasteiger partial charge in [0, 0.05) is 21.3 Å². The molecule has 0 fully saturated rings. The van der Waals surface area contributed by atoms with Crippen LogP contribution in [-0.2, 0) is 4.74 Å². The Bertz CT molecular complexity index is 954. The van der Waals surface area contributed by atoms with E-state index in [4.69, 9.17) is 0 Å². The topological polar surface area (TPSA) is 43.4 Å². The molecule has 0 aromatic heterocycles. The van der Waals surface area contributed by atoms with Crippen molar-refractivity contribution in [3.8, 4) is 0 Å². The molecule has 0 bridgehead atoms. The molecule has 3 rings (SSSR count). The smallest absolute Gasteiger partial charge is 0.337 e. The molecule has 0 saturated carbocycles. The van der Waals surface area contributed by atoms with Crippen LogP contribution in [0.25, 0.3) is 0 Å². The highest BCUT2D eigenvalue weighted by molar-refractivity contribution is 7.99. The highest BCUT2D eigenvalue weighted by Crippen LogP contribution is 2.28. The molecule has 0 saturated heterocycles. The predicted molar refractivity (Wildman–Crippen MR) is 148 cm³/mol. The van der Waals surface area contributed by atoms with Crippen molar-refractivity contribution in [2.75, 3.05) is 7.11 Å². The predicted octanol–water partition coefficient (Wildman–Crippen LogP) is 9.13. The van der Waals surface area contributed by atoms with Gasteiger partial charge < -0.3 is 4.74 Å². The minimum absolute atomic E-state index is 0.125. The maximum absolute atomic E-state index is 12.5. The third-order valence-corrected chi connectivity index (χ3v) is 6.27. The second-order valence-corrected chi connectivity index (χ2v) is 9.06. The van der Waals surface area contributed by atoms with E-state index in [9.17, 15) is 9.59 Å². The van der Waals surface area contributed by atoms with Gasteiger partial charge in [0.2, 0.25) is 0 Å². The number of methoxy groups -OCH3 is 1. The van der Waals surface area contributed by atoms with Crippen molar-refractivity contribution in [2.24, 2.45) is 5.92 Å². The van der Waals surface area contributed by atoms with E-state index in [1.807, 2.05) is 50.2 Å². The van der Waals surface area contributed by atoms with Crippen LogP contribution in [0.15, 0.2) is 94.7 Å². The first-order valence-corrected chi connectivity index (χ1v) is 13.4. The molecule has 0 amide bonds. The molecule has 0 aliphatic rings. The van der Waals surface area contributed by atoms with E-state index in [0.717, 1.165) is 18.4 Å². The second kappa shape index (κ2) is 18.5. The number of hydrogen-bond acceptors (Lipinski definition) is 4. The molecule has 3 aromatic rings. The highest BCUT2D eigenvalue weighted by Gasteiger charge is 2.14. The third-order valence-electron chi connectivity index (χ3n) is 5.25. The van der Waals surface area contributed by atoms with Crippen molar-refractivity contribution in [1.82, 2.24) is 0 Å². The first kappa shape index (κ1) is 30.2. The summed E-state index contributed by atoms with van der Waals surface area (Å²) >= 11 is 1.72. The van der Waals surface area contributed by atoms with Crippen molar-refractivity contribution in [1.29, 1.82) is 0 Å². The van der Waals surface area contributed by atoms with E-state index in [0.29, 0.717) is 5.56 Å². The standard InChI is InChI=1S/C21H26OS.C8H8O2.C2H6/c1-3-4-5-7-10-17(2)21(22)18-13-15-20(16-14-18)23-19-11-8-6-9-12-19;1-10-8(9)7-5-3-2-4-6-7;1-2/h6,8-9,11-17H,3-5,7,10H2,1-2H3;2-6H,1H3;1-2H3. The lowest BCUT2D eigenvalue weighted by Gasteiger charge is -2.11. The zero-order valence-electron chi connectivity index (χ0n) is 21.8. The van der Waals surface area contributed by atoms with Crippen LogP contribution < -0.4 is 0 Å². The summed E-state index contributed by atoms with van der Waals surface area (Å²) in [4.78, 5) is 25.7. The van der Waals surface area contributed by atoms with E-state index in [1.165, 1.54) is 36.2 Å². The number of unbranched alkanes of at least 4 members (excludes halogenated alkanes) is 3. The lowest BCUT2D eigenvalue weighted by Crippen LogP contribution is -2.11. The molecular formula is C31H40O3S. The number of carbonyl (C=O) groups is 2. The summed E-state index contributed by atoms with van der Waals surface area (Å²) in [6.45, 7) is 8.27. The molecule has 0 N–H and O–H groups in total. The molecule has 3 nitrogen and oxygen atoms in total. The first-order valence-electron chi connectivity index (χ1n) is 12.6. The summed E-state index contributed by atoms with van der Waals surface area (Å²) < 4.78 is 4.50. The maximum atomic E-state index is 12.5. The second-order valence-electron chi connectivity index (χ2n) is 7.91. The van der Waals surface area contributed by atoms with Crippen LogP contribution in [0.3, 0.4) is 0 Å². The van der Waals surface area contributed by atoms with Crippen LogP contribution in [0.2, 0.25) is 0 Å². The zero-order chi connectivity index (χ0) is 25.9. The Balaban J connectivity index is 0.000000425. The fourth-order valence-electron chi connectivity index (χ4n) is 3.30. The van der Waals surface area contributed by atoms with Crippen LogP contribution in [0, 0.1) is 5.92 Å². The van der Waals surface area contributed by atoms with E-state index in [2.05, 4.69) is 42.8 Å². The van der Waals surface area contributed by atoms with Gasteiger partial charge in [0.25, 0.3) is 0 Å². The van der Waals surface area contributed by atoms with E-state index in [-0.39, 0.29) is 17.7 Å². The molecule has 35 heavy (non-hydrogen) atoms. The van der Waals surface area contributed by atoms with Crippen LogP contribution >= 0.6 is 11.8 Å². The van der Waals surface area contributed by atoms with Gasteiger partial charge in [0.1, 0.15) is 0 Å². The van der Waals surface area contributed by atoms with Crippen molar-refractivity contribution in [2.45, 2.75) is 69.6 Å². The van der Waals surface area contributed by atoms with Gasteiger partial charge in [0.15, 0.2) is 5.78 Å². The Morgan fingerprint density at radius 1 is 0.743 bits per heavy atom. The number of carbonyl (C=O) groups excluding carboxylic acids is 2. The maximum Gasteiger partial charge on any atom is 0.337 e. The van der Waals surface area contributed by atoms with Gasteiger partial charge in [-0.05, 0) is 42.8 Å². The van der Waals surface area contributed by atoms with Gasteiger partial charge in [-0.2, -0.15) is 0 Å². The monoisotopic (exact) mass is 492 g/mol. The SMILES string of the molecule is CC.CCCCCCC(C)C(=O)c1ccc(Sc2ccccc2)cc1.COC(=O)c1ccccc1. The van der Waals surface area contributed by atoms with E-state index >= 15 is 0 Å². The van der Waals surface area contributed by atoms with Gasteiger partial charge in [-0.1, -0.05) is 114 Å². The van der Waals surface area contributed by atoms with Crippen LogP contribution in [0.1, 0.15) is 80.5 Å². The minimum Gasteiger partial charge on any atom is -0.465 e. The quantitative estimate of drug-likeness (QED) is 0.161. The number of hydrogen-bond donors (Lipinski definition) is 0. The average molecular weight is 493 g/mol. The van der Waals surface area contributed by atoms with Gasteiger partial charge in [-0.25, -0.2) is 4.79 Å². The molecule has 188 valence electrons. The summed E-state index contributed by atoms with van der Waals surface area (Å²) in [5.41, 5.74) is 1.43. The lowest BCUT2D eigenvalue weighted by molar-refractivity contribution is 0.0600. The van der Waals surface area contributed by atoms with Gasteiger partial charge in [-0.3, -0.25) is 4.79 Å². The van der Waals surface area contributed by atoms with Crippen molar-refractivity contribution in [3.63, 3.8) is 0 Å². The Morgan fingerprint density at radius 2 is 1.29 bits per heavy atom. The fourth-order valence-corrected chi connectivity index (χ4v) is 4.13. The van der Waals surface area contributed by atoms with Crippen molar-refractivity contribution >= 4 is 23.5 Å². The molecule has 1 unspecified atom stereocenters. The number of ketones is 1. The average Bonchev–Trinajstić information content (AvgIpc) is 2.93. The van der Waals surface area contributed by atoms with Gasteiger partial charge >= 0.3 is 5.97 Å². The number of rotatable bonds is 10. The first-order chi connectivity index (χ1) is 17.0. The number of ether oxygens (including phenoxy) is 1. The molecule has 0 aliphatic carbocycles. The molecule has 1 atom stereocenters. The Kier molecular flexibility index (Phi) is 15.9. The molecule has 0 heterocycles. The molecule has 0 spiro atoms. The Morgan fingerprint density at radius 3 is 1.83 bits per heavy atom. The minimum atomic E-state index is -0.291. The largest absolute Gasteiger partial charge is 0.465 e. The summed E-state index contributed by atoms with van der Waals surface area (Å²) in [5, 5.41) is 0. The molecule has 4 heteroatoms. The van der Waals surface area contributed by atoms with Crippen LogP contribution in [0.5, 0.6) is 0 Å². The number of benzene rings is 3. The van der Waals surface area contributed by atoms with Gasteiger partial charge in [0.05, 0.1) is 12.7 Å². The zero-order valence-corrected chi connectivity index (χ0v) is 22.6. The molecule has 0 aliphatic heterocycles. The van der Waals surface area contributed by atoms with Crippen molar-refractivity contribution in [3.05, 3.63) is 96.1 Å². The fraction of sp³-hybridized carbons (Fsp3) is 0.355. The lowest BCUT2D eigenvalue weighted by atomic mass is 9.94. The van der Waals surface area contributed by atoms with Gasteiger partial charge in [-0.15, -0.1) is 0 Å². The van der Waals surface area contributed by atoms with Crippen LogP contribution in [-0.4, -0.2) is 18.9 Å². The highest BCUT2D eigenvalue weighted by atomic mass is 32.2. The number of esters is 1. The number of Topliss-reactive ketones (excluding diaryl/α,β-unsaturated/α-hetero) is 1. The summed E-state index contributed by atoms with van der Waals surface area (Å²) in [6, 6.07) is 27.2. The van der Waals surface area contributed by atoms with E-state index < -0.39 is 0 Å². The summed E-state index contributed by atoms with van der Waals surface area (Å²) in [5.74, 6) is 0.109. The van der Waals surface area contributed by atoms with Crippen molar-refractivity contribution < 1.29 is 14.3 Å². The molecule has 3 aromatic carbocycles. The third kappa shape index (κ3) is 11.9. The summed E-state index contributed by atoms with van der Waals surface area (Å²) in [7, 11) is 1.37. The Hall–Kier alpha value is -2.85. The normalized spacial score (nSPS) is 10.7. The van der Waals surface area contributed by atoms with E-state index in [1.54, 1.807) is 36.0 Å². The molecule has 0 radical (unpaired) electrons. The summed E-state index contributed by atoms with van der Waals surface area (Å²) in [6.07, 6.45) is 5.90. The Labute approximate surface area is 216 Å².